The average Bonchev–Trinajstić information content (AvgIpc) is 2.86. The first-order chi connectivity index (χ1) is 9.63. The standard InChI is InChI=1S/C14H20ClN3O2/c1-2-16-13-8-11(7-12(15)17-13)14(20)18-5-3-10(9-18)4-6-19/h7-8,10,19H,2-6,9H2,1H3,(H,16,17). The Morgan fingerprint density at radius 3 is 3.10 bits per heavy atom. The molecule has 1 atom stereocenters. The molecule has 0 radical (unpaired) electrons. The van der Waals surface area contributed by atoms with Crippen LogP contribution in [0.2, 0.25) is 5.15 Å². The molecule has 1 aromatic heterocycles. The monoisotopic (exact) mass is 297 g/mol. The van der Waals surface area contributed by atoms with E-state index in [9.17, 15) is 4.79 Å². The Balaban J connectivity index is 2.09. The van der Waals surface area contributed by atoms with E-state index in [-0.39, 0.29) is 12.5 Å². The molecule has 1 aliphatic heterocycles. The number of aromatic nitrogens is 1. The average molecular weight is 298 g/mol. The number of pyridine rings is 1. The summed E-state index contributed by atoms with van der Waals surface area (Å²) >= 11 is 5.96. The van der Waals surface area contributed by atoms with Crippen molar-refractivity contribution >= 4 is 23.3 Å². The second kappa shape index (κ2) is 6.90. The number of nitrogens with one attached hydrogen (secondary N) is 1. The number of nitrogens with zero attached hydrogens (tertiary/aromatic N) is 2. The molecule has 6 heteroatoms. The fourth-order valence-corrected chi connectivity index (χ4v) is 2.72. The number of carbonyl (C=O) groups excluding carboxylic acids is 1. The van der Waals surface area contributed by atoms with Crippen LogP contribution in [0.1, 0.15) is 30.1 Å². The molecule has 2 heterocycles. The third kappa shape index (κ3) is 3.61. The van der Waals surface area contributed by atoms with Crippen molar-refractivity contribution in [2.45, 2.75) is 19.8 Å². The molecular formula is C14H20ClN3O2. The lowest BCUT2D eigenvalue weighted by molar-refractivity contribution is 0.0784. The van der Waals surface area contributed by atoms with Gasteiger partial charge in [-0.2, -0.15) is 0 Å². The van der Waals surface area contributed by atoms with E-state index in [4.69, 9.17) is 16.7 Å². The van der Waals surface area contributed by atoms with E-state index in [2.05, 4.69) is 10.3 Å². The van der Waals surface area contributed by atoms with E-state index in [1.165, 1.54) is 0 Å². The SMILES string of the molecule is CCNc1cc(C(=O)N2CCC(CCO)C2)cc(Cl)n1. The van der Waals surface area contributed by atoms with Crippen LogP contribution in [0.25, 0.3) is 0 Å². The maximum Gasteiger partial charge on any atom is 0.254 e. The molecular weight excluding hydrogens is 278 g/mol. The summed E-state index contributed by atoms with van der Waals surface area (Å²) in [6, 6.07) is 3.33. The van der Waals surface area contributed by atoms with Gasteiger partial charge in [-0.25, -0.2) is 4.98 Å². The highest BCUT2D eigenvalue weighted by Crippen LogP contribution is 2.23. The van der Waals surface area contributed by atoms with Crippen molar-refractivity contribution in [1.82, 2.24) is 9.88 Å². The minimum atomic E-state index is -0.0195. The van der Waals surface area contributed by atoms with Gasteiger partial charge in [0, 0.05) is 31.8 Å². The van der Waals surface area contributed by atoms with Gasteiger partial charge < -0.3 is 15.3 Å². The molecule has 1 aliphatic rings. The van der Waals surface area contributed by atoms with Gasteiger partial charge in [-0.15, -0.1) is 0 Å². The second-order valence-corrected chi connectivity index (χ2v) is 5.40. The Labute approximate surface area is 123 Å². The van der Waals surface area contributed by atoms with Crippen molar-refractivity contribution in [3.8, 4) is 0 Å². The largest absolute Gasteiger partial charge is 0.396 e. The molecule has 0 aromatic carbocycles. The van der Waals surface area contributed by atoms with Crippen LogP contribution >= 0.6 is 11.6 Å². The van der Waals surface area contributed by atoms with Crippen LogP contribution in [0.15, 0.2) is 12.1 Å². The first-order valence-corrected chi connectivity index (χ1v) is 7.33. The molecule has 2 N–H and O–H groups in total. The van der Waals surface area contributed by atoms with E-state index in [0.29, 0.717) is 29.0 Å². The Bertz CT molecular complexity index is 481. The highest BCUT2D eigenvalue weighted by Gasteiger charge is 2.26. The van der Waals surface area contributed by atoms with Gasteiger partial charge in [0.25, 0.3) is 5.91 Å². The number of likely N-dealkylation sites (tertiary alicyclic amines) is 1. The molecule has 1 saturated heterocycles. The van der Waals surface area contributed by atoms with E-state index in [1.807, 2.05) is 11.8 Å². The lowest BCUT2D eigenvalue weighted by Gasteiger charge is -2.17. The minimum absolute atomic E-state index is 0.0195. The molecule has 110 valence electrons. The number of halogens is 1. The van der Waals surface area contributed by atoms with Crippen LogP contribution in [0.5, 0.6) is 0 Å². The van der Waals surface area contributed by atoms with Crippen LogP contribution in [0, 0.1) is 5.92 Å². The van der Waals surface area contributed by atoms with Crippen molar-refractivity contribution in [1.29, 1.82) is 0 Å². The normalized spacial score (nSPS) is 18.4. The number of amides is 1. The van der Waals surface area contributed by atoms with Crippen LogP contribution in [0.3, 0.4) is 0 Å². The lowest BCUT2D eigenvalue weighted by atomic mass is 10.1. The molecule has 2 rings (SSSR count). The molecule has 1 amide bonds. The van der Waals surface area contributed by atoms with Gasteiger partial charge in [0.05, 0.1) is 0 Å². The number of anilines is 1. The maximum absolute atomic E-state index is 12.5. The summed E-state index contributed by atoms with van der Waals surface area (Å²) in [6.07, 6.45) is 1.70. The van der Waals surface area contributed by atoms with Crippen molar-refractivity contribution in [3.05, 3.63) is 22.8 Å². The molecule has 0 saturated carbocycles. The van der Waals surface area contributed by atoms with Crippen molar-refractivity contribution in [2.24, 2.45) is 5.92 Å². The minimum Gasteiger partial charge on any atom is -0.396 e. The zero-order valence-electron chi connectivity index (χ0n) is 11.6. The van der Waals surface area contributed by atoms with Gasteiger partial charge in [-0.1, -0.05) is 11.6 Å². The summed E-state index contributed by atoms with van der Waals surface area (Å²) in [7, 11) is 0. The molecule has 0 aliphatic carbocycles. The summed E-state index contributed by atoms with van der Waals surface area (Å²) < 4.78 is 0. The van der Waals surface area contributed by atoms with E-state index >= 15 is 0 Å². The summed E-state index contributed by atoms with van der Waals surface area (Å²) in [5.41, 5.74) is 0.561. The summed E-state index contributed by atoms with van der Waals surface area (Å²) in [5.74, 6) is 0.998. The Hall–Kier alpha value is -1.33. The van der Waals surface area contributed by atoms with E-state index < -0.39 is 0 Å². The zero-order valence-corrected chi connectivity index (χ0v) is 12.4. The molecule has 1 unspecified atom stereocenters. The predicted molar refractivity (Wildman–Crippen MR) is 79.1 cm³/mol. The third-order valence-corrected chi connectivity index (χ3v) is 3.70. The van der Waals surface area contributed by atoms with Gasteiger partial charge >= 0.3 is 0 Å². The van der Waals surface area contributed by atoms with Crippen LogP contribution in [0.4, 0.5) is 5.82 Å². The van der Waals surface area contributed by atoms with Crippen LogP contribution in [-0.2, 0) is 0 Å². The highest BCUT2D eigenvalue weighted by molar-refractivity contribution is 6.29. The fourth-order valence-electron chi connectivity index (χ4n) is 2.51. The number of hydrogen-bond donors (Lipinski definition) is 2. The highest BCUT2D eigenvalue weighted by atomic mass is 35.5. The van der Waals surface area contributed by atoms with Crippen LogP contribution < -0.4 is 5.32 Å². The van der Waals surface area contributed by atoms with E-state index in [1.54, 1.807) is 12.1 Å². The Morgan fingerprint density at radius 2 is 2.40 bits per heavy atom. The molecule has 1 fully saturated rings. The zero-order chi connectivity index (χ0) is 14.5. The molecule has 1 aromatic rings. The summed E-state index contributed by atoms with van der Waals surface area (Å²) in [4.78, 5) is 18.4. The van der Waals surface area contributed by atoms with Gasteiger partial charge in [-0.05, 0) is 37.8 Å². The van der Waals surface area contributed by atoms with E-state index in [0.717, 1.165) is 25.9 Å². The topological polar surface area (TPSA) is 65.5 Å². The van der Waals surface area contributed by atoms with Crippen molar-refractivity contribution < 1.29 is 9.90 Å². The molecule has 20 heavy (non-hydrogen) atoms. The first kappa shape index (κ1) is 15.1. The molecule has 5 nitrogen and oxygen atoms in total. The number of aliphatic hydroxyl groups is 1. The smallest absolute Gasteiger partial charge is 0.254 e. The van der Waals surface area contributed by atoms with Crippen molar-refractivity contribution in [3.63, 3.8) is 0 Å². The Morgan fingerprint density at radius 1 is 1.60 bits per heavy atom. The van der Waals surface area contributed by atoms with Gasteiger partial charge in [0.1, 0.15) is 11.0 Å². The lowest BCUT2D eigenvalue weighted by Crippen LogP contribution is -2.29. The quantitative estimate of drug-likeness (QED) is 0.816. The number of carbonyl (C=O) groups is 1. The summed E-state index contributed by atoms with van der Waals surface area (Å²) in [6.45, 7) is 4.31. The van der Waals surface area contributed by atoms with Gasteiger partial charge in [-0.3, -0.25) is 4.79 Å². The fraction of sp³-hybridized carbons (Fsp3) is 0.571. The van der Waals surface area contributed by atoms with Crippen LogP contribution in [-0.4, -0.2) is 47.1 Å². The Kier molecular flexibility index (Phi) is 5.20. The van der Waals surface area contributed by atoms with Gasteiger partial charge in [0.2, 0.25) is 0 Å². The van der Waals surface area contributed by atoms with Gasteiger partial charge in [0.15, 0.2) is 0 Å². The number of aliphatic hydroxyl groups excluding tert-OH is 1. The van der Waals surface area contributed by atoms with Crippen molar-refractivity contribution in [2.75, 3.05) is 31.6 Å². The second-order valence-electron chi connectivity index (χ2n) is 5.01. The number of rotatable bonds is 5. The number of hydrogen-bond acceptors (Lipinski definition) is 4. The molecule has 0 spiro atoms. The molecule has 0 bridgehead atoms. The maximum atomic E-state index is 12.5. The summed E-state index contributed by atoms with van der Waals surface area (Å²) in [5, 5.41) is 12.3. The third-order valence-electron chi connectivity index (χ3n) is 3.51. The predicted octanol–water partition coefficient (Wildman–Crippen LogP) is 2.01. The first-order valence-electron chi connectivity index (χ1n) is 6.95.